The van der Waals surface area contributed by atoms with Gasteiger partial charge in [-0.15, -0.1) is 0 Å². The highest BCUT2D eigenvalue weighted by Crippen LogP contribution is 2.43. The first-order chi connectivity index (χ1) is 16.7. The van der Waals surface area contributed by atoms with E-state index in [9.17, 15) is 4.79 Å². The average Bonchev–Trinajstić information content (AvgIpc) is 3.12. The molecule has 5 rings (SSSR count). The van der Waals surface area contributed by atoms with Crippen LogP contribution in [0.4, 0.5) is 17.3 Å². The average molecular weight is 478 g/mol. The zero-order valence-corrected chi connectivity index (χ0v) is 19.8. The first-order valence-electron chi connectivity index (χ1n) is 11.8. The Bertz CT molecular complexity index is 1210. The molecule has 35 heavy (non-hydrogen) atoms. The number of ether oxygens (including phenoxy) is 1. The van der Waals surface area contributed by atoms with Crippen molar-refractivity contribution in [2.45, 2.75) is 38.1 Å². The van der Waals surface area contributed by atoms with Crippen molar-refractivity contribution in [1.29, 1.82) is 5.41 Å². The van der Waals surface area contributed by atoms with Crippen LogP contribution in [0.2, 0.25) is 0 Å². The molecule has 3 aliphatic heterocycles. The van der Waals surface area contributed by atoms with Gasteiger partial charge in [0, 0.05) is 31.0 Å². The van der Waals surface area contributed by atoms with Gasteiger partial charge >= 0.3 is 0 Å². The lowest BCUT2D eigenvalue weighted by Gasteiger charge is -2.40. The van der Waals surface area contributed by atoms with Gasteiger partial charge < -0.3 is 31.7 Å². The molecule has 2 atom stereocenters. The van der Waals surface area contributed by atoms with Crippen LogP contribution >= 0.6 is 0 Å². The predicted molar refractivity (Wildman–Crippen MR) is 133 cm³/mol. The minimum absolute atomic E-state index is 0.0736. The lowest BCUT2D eigenvalue weighted by atomic mass is 9.74. The molecule has 11 nitrogen and oxygen atoms in total. The largest absolute Gasteiger partial charge is 0.496 e. The number of pyridine rings is 1. The molecule has 0 radical (unpaired) electrons. The summed E-state index contributed by atoms with van der Waals surface area (Å²) in [6.07, 6.45) is 4.18. The Hall–Kier alpha value is -3.73. The monoisotopic (exact) mass is 477 g/mol. The van der Waals surface area contributed by atoms with Gasteiger partial charge in [0.15, 0.2) is 11.7 Å². The fraction of sp³-hybridized carbons (Fsp3) is 0.458. The first-order valence-corrected chi connectivity index (χ1v) is 11.8. The maximum absolute atomic E-state index is 11.6. The van der Waals surface area contributed by atoms with Crippen LogP contribution in [0, 0.1) is 10.8 Å². The molecule has 3 aliphatic rings. The van der Waals surface area contributed by atoms with Gasteiger partial charge in [-0.3, -0.25) is 10.2 Å². The molecular weight excluding hydrogens is 446 g/mol. The summed E-state index contributed by atoms with van der Waals surface area (Å²) < 4.78 is 5.63. The number of hydrogen-bond donors (Lipinski definition) is 4. The molecule has 0 bridgehead atoms. The molecule has 0 aromatic carbocycles. The molecular formula is C24H31N9O2. The molecule has 2 aromatic rings. The summed E-state index contributed by atoms with van der Waals surface area (Å²) in [6, 6.07) is 3.21. The number of rotatable bonds is 3. The van der Waals surface area contributed by atoms with Crippen molar-refractivity contribution in [3.8, 4) is 0 Å². The number of anilines is 3. The van der Waals surface area contributed by atoms with E-state index in [1.54, 1.807) is 18.3 Å². The van der Waals surface area contributed by atoms with Gasteiger partial charge in [0.05, 0.1) is 30.2 Å². The van der Waals surface area contributed by atoms with E-state index < -0.39 is 5.91 Å². The van der Waals surface area contributed by atoms with Crippen molar-refractivity contribution in [3.63, 3.8) is 0 Å². The third kappa shape index (κ3) is 3.85. The number of carbonyl (C=O) groups is 1. The fourth-order valence-electron chi connectivity index (χ4n) is 5.26. The Morgan fingerprint density at radius 2 is 2.00 bits per heavy atom. The molecule has 2 fully saturated rings. The van der Waals surface area contributed by atoms with Gasteiger partial charge in [-0.05, 0) is 31.4 Å². The van der Waals surface area contributed by atoms with Gasteiger partial charge in [0.2, 0.25) is 0 Å². The number of amidine groups is 1. The van der Waals surface area contributed by atoms with Crippen molar-refractivity contribution in [1.82, 2.24) is 15.0 Å². The van der Waals surface area contributed by atoms with Gasteiger partial charge in [-0.1, -0.05) is 13.5 Å². The maximum Gasteiger partial charge on any atom is 0.267 e. The predicted octanol–water partition coefficient (Wildman–Crippen LogP) is 1.35. The molecule has 2 aromatic heterocycles. The number of nitrogen functional groups attached to an aromatic ring is 1. The zero-order valence-electron chi connectivity index (χ0n) is 19.8. The third-order valence-corrected chi connectivity index (χ3v) is 7.61. The molecule has 1 spiro atoms. The number of fused-ring (bicyclic) bond motifs is 1. The Morgan fingerprint density at radius 1 is 1.26 bits per heavy atom. The van der Waals surface area contributed by atoms with Crippen LogP contribution in [-0.2, 0) is 4.74 Å². The summed E-state index contributed by atoms with van der Waals surface area (Å²) in [5.41, 5.74) is 20.0. The van der Waals surface area contributed by atoms with Gasteiger partial charge in [-0.25, -0.2) is 15.0 Å². The number of amides is 1. The lowest BCUT2D eigenvalue weighted by molar-refractivity contribution is 0.0995. The van der Waals surface area contributed by atoms with E-state index in [1.165, 1.54) is 0 Å². The molecule has 7 N–H and O–H groups in total. The summed E-state index contributed by atoms with van der Waals surface area (Å²) in [4.78, 5) is 29.1. The summed E-state index contributed by atoms with van der Waals surface area (Å²) in [5.74, 6) is 1.25. The van der Waals surface area contributed by atoms with Crippen LogP contribution in [0.15, 0.2) is 30.7 Å². The van der Waals surface area contributed by atoms with Gasteiger partial charge in [0.25, 0.3) is 5.91 Å². The SMILES string of the molecule is C=C1OCC2(CCN(c3cnc(C(=N)N4CC[C@@H](C)c5nc(C(N)=O)ccc54)c(N)n3)CC2)[C@@H]1N. The molecule has 11 heteroatoms. The van der Waals surface area contributed by atoms with Crippen LogP contribution in [0.25, 0.3) is 0 Å². The van der Waals surface area contributed by atoms with E-state index in [-0.39, 0.29) is 34.7 Å². The normalized spacial score (nSPS) is 23.2. The molecule has 0 saturated carbocycles. The molecule has 1 amide bonds. The van der Waals surface area contributed by atoms with Crippen molar-refractivity contribution < 1.29 is 9.53 Å². The van der Waals surface area contributed by atoms with Gasteiger partial charge in [-0.2, -0.15) is 0 Å². The number of nitrogens with zero attached hydrogens (tertiary/aromatic N) is 5. The van der Waals surface area contributed by atoms with Crippen molar-refractivity contribution in [2.24, 2.45) is 16.9 Å². The van der Waals surface area contributed by atoms with Crippen molar-refractivity contribution in [2.75, 3.05) is 41.8 Å². The zero-order chi connectivity index (χ0) is 24.9. The molecule has 0 unspecified atom stereocenters. The number of nitrogens with two attached hydrogens (primary N) is 3. The lowest BCUT2D eigenvalue weighted by Crippen LogP contribution is -2.49. The van der Waals surface area contributed by atoms with Crippen LogP contribution in [-0.4, -0.2) is 59.0 Å². The summed E-state index contributed by atoms with van der Waals surface area (Å²) >= 11 is 0. The fourth-order valence-corrected chi connectivity index (χ4v) is 5.26. The van der Waals surface area contributed by atoms with E-state index in [1.807, 2.05) is 11.8 Å². The highest BCUT2D eigenvalue weighted by atomic mass is 16.5. The number of primary amides is 1. The maximum atomic E-state index is 11.6. The number of nitrogens with one attached hydrogen (secondary N) is 1. The number of piperidine rings is 1. The minimum Gasteiger partial charge on any atom is -0.496 e. The van der Waals surface area contributed by atoms with E-state index in [2.05, 4.69) is 26.4 Å². The Kier molecular flexibility index (Phi) is 5.59. The smallest absolute Gasteiger partial charge is 0.267 e. The van der Waals surface area contributed by atoms with Crippen LogP contribution in [0.5, 0.6) is 0 Å². The Morgan fingerprint density at radius 3 is 2.63 bits per heavy atom. The van der Waals surface area contributed by atoms with Crippen LogP contribution < -0.4 is 27.0 Å². The van der Waals surface area contributed by atoms with E-state index in [0.717, 1.165) is 43.7 Å². The molecule has 2 saturated heterocycles. The topological polar surface area (TPSA) is 173 Å². The Labute approximate surface area is 203 Å². The second-order valence-corrected chi connectivity index (χ2v) is 9.70. The molecule has 184 valence electrons. The van der Waals surface area contributed by atoms with Crippen molar-refractivity contribution in [3.05, 3.63) is 47.7 Å². The third-order valence-electron chi connectivity index (χ3n) is 7.61. The van der Waals surface area contributed by atoms with E-state index >= 15 is 0 Å². The van der Waals surface area contributed by atoms with Crippen molar-refractivity contribution >= 4 is 29.1 Å². The number of carbonyl (C=O) groups excluding carboxylic acids is 1. The molecule has 0 aliphatic carbocycles. The molecule has 5 heterocycles. The van der Waals surface area contributed by atoms with E-state index in [0.29, 0.717) is 30.4 Å². The highest BCUT2D eigenvalue weighted by Gasteiger charge is 2.47. The number of aromatic nitrogens is 3. The summed E-state index contributed by atoms with van der Waals surface area (Å²) in [5, 5.41) is 8.84. The standard InChI is InChI=1S/C24H31N9O2/c1-13-5-8-33(16-4-3-15(23(28)34)30-18(13)16)22(27)19-21(26)31-17(11-29-19)32-9-6-24(7-10-32)12-35-14(2)20(24)25/h3-4,11,13,20,27H,2,5-10,12,25H2,1H3,(H2,26,31)(H2,28,34)/t13-,20-/m1/s1. The Balaban J connectivity index is 1.34. The minimum atomic E-state index is -0.575. The second kappa shape index (κ2) is 8.49. The van der Waals surface area contributed by atoms with Gasteiger partial charge in [0.1, 0.15) is 23.0 Å². The quantitative estimate of drug-likeness (QED) is 0.376. The summed E-state index contributed by atoms with van der Waals surface area (Å²) in [6.45, 7) is 8.71. The highest BCUT2D eigenvalue weighted by molar-refractivity contribution is 6.10. The van der Waals surface area contributed by atoms with Crippen LogP contribution in [0.1, 0.15) is 54.0 Å². The van der Waals surface area contributed by atoms with Crippen LogP contribution in [0.3, 0.4) is 0 Å². The van der Waals surface area contributed by atoms with E-state index in [4.69, 9.17) is 27.3 Å². The first kappa shape index (κ1) is 23.0. The number of hydrogen-bond acceptors (Lipinski definition) is 9. The second-order valence-electron chi connectivity index (χ2n) is 9.70. The summed E-state index contributed by atoms with van der Waals surface area (Å²) in [7, 11) is 0.